The number of nitrogens with zero attached hydrogens (tertiary/aromatic N) is 1. The van der Waals surface area contributed by atoms with Gasteiger partial charge in [-0.1, -0.05) is 11.6 Å². The van der Waals surface area contributed by atoms with E-state index in [0.29, 0.717) is 19.4 Å². The standard InChI is InChI=1S/C19H28N4O5S/c1-13-16(18(25)22-19(26)21-13)29(27,28)23-11-5-8-15(12-23)17(24)20-10-9-14-6-3-2-4-7-14/h6,15H,2-5,7-12H2,1H3,(H,20,24)(H2,21,22,25,26). The zero-order valence-corrected chi connectivity index (χ0v) is 17.4. The highest BCUT2D eigenvalue weighted by molar-refractivity contribution is 7.89. The molecule has 1 fully saturated rings. The van der Waals surface area contributed by atoms with Crippen LogP contribution in [-0.2, 0) is 14.8 Å². The summed E-state index contributed by atoms with van der Waals surface area (Å²) < 4.78 is 27.1. The molecular weight excluding hydrogens is 396 g/mol. The second-order valence-electron chi connectivity index (χ2n) is 7.71. The van der Waals surface area contributed by atoms with Crippen molar-refractivity contribution >= 4 is 15.9 Å². The van der Waals surface area contributed by atoms with Crippen molar-refractivity contribution in [3.05, 3.63) is 38.2 Å². The first-order chi connectivity index (χ1) is 13.8. The quantitative estimate of drug-likeness (QED) is 0.581. The Hall–Kier alpha value is -2.20. The minimum Gasteiger partial charge on any atom is -0.356 e. The molecule has 3 N–H and O–H groups in total. The van der Waals surface area contributed by atoms with E-state index in [-0.39, 0.29) is 24.7 Å². The molecule has 1 unspecified atom stereocenters. The Balaban J connectivity index is 1.65. The van der Waals surface area contributed by atoms with Crippen molar-refractivity contribution in [2.75, 3.05) is 19.6 Å². The van der Waals surface area contributed by atoms with Gasteiger partial charge in [0, 0.05) is 25.3 Å². The van der Waals surface area contributed by atoms with E-state index in [1.54, 1.807) is 0 Å². The molecular formula is C19H28N4O5S. The fourth-order valence-corrected chi connectivity index (χ4v) is 5.75. The van der Waals surface area contributed by atoms with Gasteiger partial charge in [-0.2, -0.15) is 4.31 Å². The molecule has 0 bridgehead atoms. The number of aromatic amines is 2. The molecule has 160 valence electrons. The SMILES string of the molecule is Cc1[nH]c(=O)[nH]c(=O)c1S(=O)(=O)N1CCCC(C(=O)NCCC2=CCCCC2)C1. The van der Waals surface area contributed by atoms with E-state index in [9.17, 15) is 22.8 Å². The van der Waals surface area contributed by atoms with Gasteiger partial charge in [-0.25, -0.2) is 13.2 Å². The van der Waals surface area contributed by atoms with Crippen LogP contribution in [-0.4, -0.2) is 48.2 Å². The Morgan fingerprint density at radius 2 is 2.03 bits per heavy atom. The summed E-state index contributed by atoms with van der Waals surface area (Å²) >= 11 is 0. The highest BCUT2D eigenvalue weighted by Gasteiger charge is 2.35. The van der Waals surface area contributed by atoms with Gasteiger partial charge in [0.15, 0.2) is 4.90 Å². The monoisotopic (exact) mass is 424 g/mol. The first-order valence-electron chi connectivity index (χ1n) is 10.1. The molecule has 9 nitrogen and oxygen atoms in total. The molecule has 1 aromatic rings. The lowest BCUT2D eigenvalue weighted by molar-refractivity contribution is -0.126. The van der Waals surface area contributed by atoms with Gasteiger partial charge in [0.2, 0.25) is 15.9 Å². The Morgan fingerprint density at radius 3 is 2.72 bits per heavy atom. The lowest BCUT2D eigenvalue weighted by Crippen LogP contribution is -2.47. The van der Waals surface area contributed by atoms with E-state index in [1.165, 1.54) is 29.6 Å². The van der Waals surface area contributed by atoms with Crippen LogP contribution in [0.4, 0.5) is 0 Å². The maximum atomic E-state index is 13.0. The van der Waals surface area contributed by atoms with E-state index in [2.05, 4.69) is 16.4 Å². The van der Waals surface area contributed by atoms with E-state index < -0.39 is 32.1 Å². The van der Waals surface area contributed by atoms with Crippen molar-refractivity contribution in [3.63, 3.8) is 0 Å². The van der Waals surface area contributed by atoms with Gasteiger partial charge in [0.25, 0.3) is 5.56 Å². The Morgan fingerprint density at radius 1 is 1.24 bits per heavy atom. The van der Waals surface area contributed by atoms with Crippen LogP contribution in [0.15, 0.2) is 26.1 Å². The largest absolute Gasteiger partial charge is 0.356 e. The number of piperidine rings is 1. The molecule has 2 heterocycles. The van der Waals surface area contributed by atoms with E-state index >= 15 is 0 Å². The fraction of sp³-hybridized carbons (Fsp3) is 0.632. The summed E-state index contributed by atoms with van der Waals surface area (Å²) in [7, 11) is -4.11. The number of allylic oxidation sites excluding steroid dienone is 1. The summed E-state index contributed by atoms with van der Waals surface area (Å²) in [6.45, 7) is 2.18. The molecule has 0 saturated carbocycles. The Labute approximate surface area is 169 Å². The molecule has 1 amide bonds. The molecule has 29 heavy (non-hydrogen) atoms. The van der Waals surface area contributed by atoms with Crippen LogP contribution in [0.2, 0.25) is 0 Å². The topological polar surface area (TPSA) is 132 Å². The predicted molar refractivity (Wildman–Crippen MR) is 108 cm³/mol. The average molecular weight is 425 g/mol. The number of amides is 1. The van der Waals surface area contributed by atoms with Crippen LogP contribution in [0, 0.1) is 12.8 Å². The van der Waals surface area contributed by atoms with Crippen molar-refractivity contribution in [1.29, 1.82) is 0 Å². The summed E-state index contributed by atoms with van der Waals surface area (Å²) in [5.74, 6) is -0.616. The molecule has 3 rings (SSSR count). The third-order valence-electron chi connectivity index (χ3n) is 5.56. The maximum absolute atomic E-state index is 13.0. The molecule has 0 aromatic carbocycles. The minimum atomic E-state index is -4.11. The summed E-state index contributed by atoms with van der Waals surface area (Å²) in [6, 6.07) is 0. The zero-order valence-electron chi connectivity index (χ0n) is 16.6. The van der Waals surface area contributed by atoms with E-state index in [0.717, 1.165) is 19.3 Å². The number of aryl methyl sites for hydroxylation is 1. The van der Waals surface area contributed by atoms with Crippen LogP contribution in [0.5, 0.6) is 0 Å². The van der Waals surface area contributed by atoms with Crippen LogP contribution in [0.1, 0.15) is 50.6 Å². The number of aromatic nitrogens is 2. The fourth-order valence-electron chi connectivity index (χ4n) is 4.03. The Kier molecular flexibility index (Phi) is 6.74. The van der Waals surface area contributed by atoms with Gasteiger partial charge in [-0.05, 0) is 51.9 Å². The molecule has 1 atom stereocenters. The van der Waals surface area contributed by atoms with Crippen molar-refractivity contribution in [2.45, 2.75) is 56.8 Å². The van der Waals surface area contributed by atoms with E-state index in [1.807, 2.05) is 4.98 Å². The van der Waals surface area contributed by atoms with Crippen molar-refractivity contribution in [2.24, 2.45) is 5.92 Å². The van der Waals surface area contributed by atoms with Gasteiger partial charge in [0.1, 0.15) is 0 Å². The highest BCUT2D eigenvalue weighted by atomic mass is 32.2. The summed E-state index contributed by atoms with van der Waals surface area (Å²) in [5, 5.41) is 2.93. The number of rotatable bonds is 6. The predicted octanol–water partition coefficient (Wildman–Crippen LogP) is 0.779. The molecule has 10 heteroatoms. The number of carbonyl (C=O) groups excluding carboxylic acids is 1. The molecule has 1 aliphatic heterocycles. The van der Waals surface area contributed by atoms with Gasteiger partial charge in [0.05, 0.1) is 5.92 Å². The van der Waals surface area contributed by atoms with Crippen molar-refractivity contribution < 1.29 is 13.2 Å². The van der Waals surface area contributed by atoms with Gasteiger partial charge in [-0.15, -0.1) is 0 Å². The lowest BCUT2D eigenvalue weighted by Gasteiger charge is -2.31. The molecule has 1 aliphatic carbocycles. The third kappa shape index (κ3) is 5.05. The van der Waals surface area contributed by atoms with E-state index in [4.69, 9.17) is 0 Å². The molecule has 0 radical (unpaired) electrons. The first kappa shape index (κ1) is 21.5. The summed E-state index contributed by atoms with van der Waals surface area (Å²) in [4.78, 5) is 39.8. The number of nitrogens with one attached hydrogen (secondary N) is 3. The van der Waals surface area contributed by atoms with Crippen LogP contribution in [0.25, 0.3) is 0 Å². The van der Waals surface area contributed by atoms with Crippen LogP contribution in [0.3, 0.4) is 0 Å². The second kappa shape index (κ2) is 9.08. The minimum absolute atomic E-state index is 0.00826. The number of hydrogen-bond acceptors (Lipinski definition) is 5. The van der Waals surface area contributed by atoms with Gasteiger partial charge < -0.3 is 10.3 Å². The van der Waals surface area contributed by atoms with Crippen molar-refractivity contribution in [1.82, 2.24) is 19.6 Å². The highest BCUT2D eigenvalue weighted by Crippen LogP contribution is 2.23. The number of H-pyrrole nitrogens is 2. The van der Waals surface area contributed by atoms with Gasteiger partial charge in [-0.3, -0.25) is 14.6 Å². The maximum Gasteiger partial charge on any atom is 0.325 e. The number of hydrogen-bond donors (Lipinski definition) is 3. The molecule has 1 aromatic heterocycles. The third-order valence-corrected chi connectivity index (χ3v) is 7.58. The zero-order chi connectivity index (χ0) is 21.0. The number of carbonyl (C=O) groups is 1. The summed E-state index contributed by atoms with van der Waals surface area (Å²) in [6.07, 6.45) is 8.80. The molecule has 2 aliphatic rings. The molecule has 0 spiro atoms. The molecule has 1 saturated heterocycles. The van der Waals surface area contributed by atoms with Gasteiger partial charge >= 0.3 is 5.69 Å². The summed E-state index contributed by atoms with van der Waals surface area (Å²) in [5.41, 5.74) is -0.336. The first-order valence-corrected chi connectivity index (χ1v) is 11.5. The van der Waals surface area contributed by atoms with Crippen LogP contribution < -0.4 is 16.6 Å². The number of sulfonamides is 1. The lowest BCUT2D eigenvalue weighted by atomic mass is 9.96. The Bertz CT molecular complexity index is 1010. The van der Waals surface area contributed by atoms with Crippen molar-refractivity contribution in [3.8, 4) is 0 Å². The van der Waals surface area contributed by atoms with Crippen LogP contribution >= 0.6 is 0 Å². The smallest absolute Gasteiger partial charge is 0.325 e. The second-order valence-corrected chi connectivity index (χ2v) is 9.59. The average Bonchev–Trinajstić information content (AvgIpc) is 2.68. The normalized spacial score (nSPS) is 20.9.